The lowest BCUT2D eigenvalue weighted by Gasteiger charge is -2.12. The van der Waals surface area contributed by atoms with Gasteiger partial charge in [0.2, 0.25) is 5.95 Å². The fraction of sp³-hybridized carbons (Fsp3) is 0. The zero-order valence-corrected chi connectivity index (χ0v) is 26.6. The van der Waals surface area contributed by atoms with Gasteiger partial charge in [-0.3, -0.25) is 4.57 Å². The predicted molar refractivity (Wildman–Crippen MR) is 203 cm³/mol. The molecule has 11 aromatic rings. The fourth-order valence-electron chi connectivity index (χ4n) is 7.47. The van der Waals surface area contributed by atoms with Crippen molar-refractivity contribution < 1.29 is 0 Å². The average molecular weight is 634 g/mol. The summed E-state index contributed by atoms with van der Waals surface area (Å²) >= 11 is 3.72. The summed E-state index contributed by atoms with van der Waals surface area (Å²) in [4.78, 5) is 10.7. The lowest BCUT2D eigenvalue weighted by Crippen LogP contribution is -2.03. The highest BCUT2D eigenvalue weighted by Gasteiger charge is 2.21. The lowest BCUT2D eigenvalue weighted by molar-refractivity contribution is 1.02. The summed E-state index contributed by atoms with van der Waals surface area (Å²) in [6.07, 6.45) is 0. The number of fused-ring (bicyclic) bond motifs is 13. The van der Waals surface area contributed by atoms with Gasteiger partial charge in [0.15, 0.2) is 0 Å². The Kier molecular flexibility index (Phi) is 5.14. The SMILES string of the molecule is c1ccc2c(c1)ccc1c3cc(-c4nc(-n5c6ccccc6c6ccc7c8ccccc8sc7c65)nc5ccccc45)ccc3sc21. The van der Waals surface area contributed by atoms with Gasteiger partial charge in [-0.2, -0.15) is 0 Å². The Balaban J connectivity index is 1.23. The van der Waals surface area contributed by atoms with Crippen molar-refractivity contribution in [3.8, 4) is 17.2 Å². The average Bonchev–Trinajstić information content (AvgIpc) is 3.80. The van der Waals surface area contributed by atoms with Crippen LogP contribution in [0, 0.1) is 0 Å². The largest absolute Gasteiger partial charge is 0.276 e. The van der Waals surface area contributed by atoms with Crippen LogP contribution in [0.2, 0.25) is 0 Å². The van der Waals surface area contributed by atoms with E-state index in [4.69, 9.17) is 9.97 Å². The van der Waals surface area contributed by atoms with Crippen molar-refractivity contribution in [3.63, 3.8) is 0 Å². The van der Waals surface area contributed by atoms with E-state index in [0.29, 0.717) is 5.95 Å². The van der Waals surface area contributed by atoms with E-state index < -0.39 is 0 Å². The molecule has 0 unspecified atom stereocenters. The Morgan fingerprint density at radius 3 is 2.06 bits per heavy atom. The maximum Gasteiger partial charge on any atom is 0.235 e. The van der Waals surface area contributed by atoms with Gasteiger partial charge in [-0.25, -0.2) is 9.97 Å². The first kappa shape index (κ1) is 25.6. The van der Waals surface area contributed by atoms with Gasteiger partial charge in [0.05, 0.1) is 26.9 Å². The van der Waals surface area contributed by atoms with Crippen LogP contribution < -0.4 is 0 Å². The molecule has 5 heteroatoms. The molecule has 218 valence electrons. The monoisotopic (exact) mass is 633 g/mol. The second-order valence-corrected chi connectivity index (χ2v) is 14.3. The number of benzene rings is 7. The van der Waals surface area contributed by atoms with Gasteiger partial charge in [0, 0.05) is 57.4 Å². The third-order valence-electron chi connectivity index (χ3n) is 9.61. The highest BCUT2D eigenvalue weighted by atomic mass is 32.1. The van der Waals surface area contributed by atoms with Crippen molar-refractivity contribution in [3.05, 3.63) is 140 Å². The third-order valence-corrected chi connectivity index (χ3v) is 12.0. The van der Waals surface area contributed by atoms with Gasteiger partial charge in [0.1, 0.15) is 0 Å². The maximum atomic E-state index is 5.46. The number of rotatable bonds is 2. The topological polar surface area (TPSA) is 30.7 Å². The standard InChI is InChI=1S/C42H23N3S2/c1-2-10-26-24(9-1)17-19-31-33-23-25(18-22-37(33)46-40(26)31)38-32-13-3-6-14-34(32)43-42(44-38)45-35-15-7-4-11-27(35)29-20-21-30-28-12-5-8-16-36(28)47-41(30)39(29)45/h1-23H. The van der Waals surface area contributed by atoms with Crippen molar-refractivity contribution >= 4 is 106 Å². The van der Waals surface area contributed by atoms with Crippen LogP contribution in [-0.2, 0) is 0 Å². The van der Waals surface area contributed by atoms with Crippen LogP contribution in [0.15, 0.2) is 140 Å². The molecule has 4 aromatic heterocycles. The minimum atomic E-state index is 0.691. The van der Waals surface area contributed by atoms with E-state index in [1.165, 1.54) is 61.9 Å². The third kappa shape index (κ3) is 3.55. The molecule has 0 aliphatic carbocycles. The first-order valence-electron chi connectivity index (χ1n) is 15.8. The number of thiophene rings is 2. The molecule has 0 radical (unpaired) electrons. The zero-order valence-electron chi connectivity index (χ0n) is 24.9. The van der Waals surface area contributed by atoms with Gasteiger partial charge in [-0.15, -0.1) is 22.7 Å². The molecule has 11 rings (SSSR count). The van der Waals surface area contributed by atoms with Gasteiger partial charge in [-0.05, 0) is 41.1 Å². The number of hydrogen-bond donors (Lipinski definition) is 0. The Labute approximate surface area is 276 Å². The van der Waals surface area contributed by atoms with Crippen molar-refractivity contribution in [2.45, 2.75) is 0 Å². The van der Waals surface area contributed by atoms with E-state index in [2.05, 4.69) is 144 Å². The van der Waals surface area contributed by atoms with Crippen LogP contribution in [0.1, 0.15) is 0 Å². The second kappa shape index (κ2) is 9.46. The van der Waals surface area contributed by atoms with Crippen LogP contribution in [-0.4, -0.2) is 14.5 Å². The van der Waals surface area contributed by atoms with E-state index in [0.717, 1.165) is 33.2 Å². The maximum absolute atomic E-state index is 5.46. The number of para-hydroxylation sites is 2. The molecule has 0 fully saturated rings. The second-order valence-electron chi connectivity index (χ2n) is 12.2. The molecule has 7 aromatic carbocycles. The predicted octanol–water partition coefficient (Wildman–Crippen LogP) is 12.3. The van der Waals surface area contributed by atoms with Crippen molar-refractivity contribution in [2.24, 2.45) is 0 Å². The summed E-state index contributed by atoms with van der Waals surface area (Å²) in [6.45, 7) is 0. The smallest absolute Gasteiger partial charge is 0.235 e. The molecule has 4 heterocycles. The van der Waals surface area contributed by atoms with Crippen LogP contribution in [0.5, 0.6) is 0 Å². The first-order valence-corrected chi connectivity index (χ1v) is 17.4. The molecule has 0 amide bonds. The Bertz CT molecular complexity index is 3090. The quantitative estimate of drug-likeness (QED) is 0.190. The summed E-state index contributed by atoms with van der Waals surface area (Å²) < 4.78 is 7.46. The fourth-order valence-corrected chi connectivity index (χ4v) is 9.93. The van der Waals surface area contributed by atoms with Crippen LogP contribution >= 0.6 is 22.7 Å². The first-order chi connectivity index (χ1) is 23.3. The summed E-state index contributed by atoms with van der Waals surface area (Å²) in [6, 6.07) is 50.3. The zero-order chi connectivity index (χ0) is 30.6. The summed E-state index contributed by atoms with van der Waals surface area (Å²) in [7, 11) is 0. The van der Waals surface area contributed by atoms with Crippen LogP contribution in [0.25, 0.3) is 101 Å². The molecule has 0 N–H and O–H groups in total. The van der Waals surface area contributed by atoms with Gasteiger partial charge < -0.3 is 0 Å². The molecule has 47 heavy (non-hydrogen) atoms. The number of hydrogen-bond acceptors (Lipinski definition) is 4. The molecular weight excluding hydrogens is 611 g/mol. The Morgan fingerprint density at radius 1 is 0.447 bits per heavy atom. The highest BCUT2D eigenvalue weighted by Crippen LogP contribution is 2.44. The van der Waals surface area contributed by atoms with E-state index >= 15 is 0 Å². The molecule has 0 aliphatic heterocycles. The van der Waals surface area contributed by atoms with E-state index in [1.807, 2.05) is 22.7 Å². The summed E-state index contributed by atoms with van der Waals surface area (Å²) in [5.74, 6) is 0.691. The molecule has 3 nitrogen and oxygen atoms in total. The highest BCUT2D eigenvalue weighted by molar-refractivity contribution is 7.27. The van der Waals surface area contributed by atoms with E-state index in [1.54, 1.807) is 0 Å². The van der Waals surface area contributed by atoms with Crippen molar-refractivity contribution in [1.29, 1.82) is 0 Å². The minimum Gasteiger partial charge on any atom is -0.276 e. The van der Waals surface area contributed by atoms with Crippen LogP contribution in [0.3, 0.4) is 0 Å². The molecule has 0 atom stereocenters. The Hall–Kier alpha value is -5.62. The summed E-state index contributed by atoms with van der Waals surface area (Å²) in [5.41, 5.74) is 5.25. The Morgan fingerprint density at radius 2 is 1.13 bits per heavy atom. The van der Waals surface area contributed by atoms with Gasteiger partial charge >= 0.3 is 0 Å². The van der Waals surface area contributed by atoms with Crippen molar-refractivity contribution in [2.75, 3.05) is 0 Å². The van der Waals surface area contributed by atoms with Gasteiger partial charge in [-0.1, -0.05) is 109 Å². The van der Waals surface area contributed by atoms with Crippen LogP contribution in [0.4, 0.5) is 0 Å². The van der Waals surface area contributed by atoms with E-state index in [-0.39, 0.29) is 0 Å². The summed E-state index contributed by atoms with van der Waals surface area (Å²) in [5, 5.41) is 11.2. The molecule has 0 aliphatic rings. The molecule has 0 saturated carbocycles. The molecular formula is C42H23N3S2. The minimum absolute atomic E-state index is 0.691. The molecule has 0 spiro atoms. The normalized spacial score (nSPS) is 12.3. The van der Waals surface area contributed by atoms with Crippen molar-refractivity contribution in [1.82, 2.24) is 14.5 Å². The lowest BCUT2D eigenvalue weighted by atomic mass is 10.0. The molecule has 0 saturated heterocycles. The van der Waals surface area contributed by atoms with E-state index in [9.17, 15) is 0 Å². The number of aromatic nitrogens is 3. The molecule has 0 bridgehead atoms. The van der Waals surface area contributed by atoms with Gasteiger partial charge in [0.25, 0.3) is 0 Å². The number of nitrogens with zero attached hydrogens (tertiary/aromatic N) is 3.